The Morgan fingerprint density at radius 2 is 1.86 bits per heavy atom. The highest BCUT2D eigenvalue weighted by Gasteiger charge is 2.24. The molecule has 4 aromatic rings. The van der Waals surface area contributed by atoms with Crippen molar-refractivity contribution < 1.29 is 18.7 Å². The van der Waals surface area contributed by atoms with Crippen LogP contribution in [0.25, 0.3) is 33.6 Å². The summed E-state index contributed by atoms with van der Waals surface area (Å²) in [6, 6.07) is 15.9. The zero-order valence-corrected chi connectivity index (χ0v) is 20.0. The summed E-state index contributed by atoms with van der Waals surface area (Å²) in [5.74, 6) is 0.348. The van der Waals surface area contributed by atoms with Gasteiger partial charge in [0.25, 0.3) is 5.91 Å². The lowest BCUT2D eigenvalue weighted by atomic mass is 9.91. The van der Waals surface area contributed by atoms with Crippen molar-refractivity contribution in [2.24, 2.45) is 11.5 Å². The molecule has 2 amide bonds. The summed E-state index contributed by atoms with van der Waals surface area (Å²) in [5, 5.41) is 3.10. The van der Waals surface area contributed by atoms with E-state index >= 15 is 0 Å². The molecule has 1 aliphatic carbocycles. The molecule has 0 aliphatic heterocycles. The van der Waals surface area contributed by atoms with E-state index in [4.69, 9.17) is 20.6 Å². The molecule has 1 fully saturated rings. The molecule has 1 aliphatic rings. The lowest BCUT2D eigenvalue weighted by Gasteiger charge is -2.29. The second kappa shape index (κ2) is 9.83. The second-order valence-corrected chi connectivity index (χ2v) is 9.07. The van der Waals surface area contributed by atoms with Gasteiger partial charge in [-0.25, -0.2) is 0 Å². The number of furan rings is 1. The molecule has 0 spiro atoms. The first kappa shape index (κ1) is 23.6. The monoisotopic (exact) mass is 484 g/mol. The second-order valence-electron chi connectivity index (χ2n) is 9.07. The highest BCUT2D eigenvalue weighted by Crippen LogP contribution is 2.37. The first-order chi connectivity index (χ1) is 17.4. The van der Waals surface area contributed by atoms with E-state index in [9.17, 15) is 9.59 Å². The quantitative estimate of drug-likeness (QED) is 0.374. The van der Waals surface area contributed by atoms with Gasteiger partial charge in [0, 0.05) is 41.0 Å². The Labute approximate surface area is 208 Å². The molecule has 2 heterocycles. The Morgan fingerprint density at radius 1 is 1.03 bits per heavy atom. The molecule has 2 unspecified atom stereocenters. The molecule has 2 aromatic heterocycles. The van der Waals surface area contributed by atoms with E-state index in [1.54, 1.807) is 43.6 Å². The van der Waals surface area contributed by atoms with Crippen LogP contribution in [0.2, 0.25) is 0 Å². The van der Waals surface area contributed by atoms with Gasteiger partial charge in [0.2, 0.25) is 5.91 Å². The summed E-state index contributed by atoms with van der Waals surface area (Å²) in [5.41, 5.74) is 16.0. The molecule has 2 atom stereocenters. The summed E-state index contributed by atoms with van der Waals surface area (Å²) in [6.45, 7) is 0. The molecule has 184 valence electrons. The van der Waals surface area contributed by atoms with Gasteiger partial charge >= 0.3 is 0 Å². The van der Waals surface area contributed by atoms with E-state index in [1.807, 2.05) is 24.3 Å². The normalized spacial score (nSPS) is 17.6. The number of rotatable bonds is 6. The molecule has 5 N–H and O–H groups in total. The number of nitrogens with zero attached hydrogens (tertiary/aromatic N) is 1. The van der Waals surface area contributed by atoms with Gasteiger partial charge < -0.3 is 25.9 Å². The van der Waals surface area contributed by atoms with Crippen molar-refractivity contribution in [1.29, 1.82) is 0 Å². The molecule has 5 rings (SSSR count). The molecule has 8 heteroatoms. The van der Waals surface area contributed by atoms with Crippen molar-refractivity contribution in [3.63, 3.8) is 0 Å². The third kappa shape index (κ3) is 4.55. The van der Waals surface area contributed by atoms with Crippen LogP contribution in [0.1, 0.15) is 46.4 Å². The maximum Gasteiger partial charge on any atom is 0.251 e. The number of ether oxygens (including phenoxy) is 1. The molecular weight excluding hydrogens is 456 g/mol. The molecule has 1 saturated carbocycles. The Morgan fingerprint density at radius 3 is 2.64 bits per heavy atom. The Bertz CT molecular complexity index is 1440. The zero-order chi connectivity index (χ0) is 25.2. The molecule has 2 aromatic carbocycles. The van der Waals surface area contributed by atoms with Crippen molar-refractivity contribution in [2.75, 3.05) is 7.11 Å². The number of nitrogens with one attached hydrogen (secondary N) is 1. The van der Waals surface area contributed by atoms with Crippen LogP contribution in [0.5, 0.6) is 5.75 Å². The Kier molecular flexibility index (Phi) is 6.43. The van der Waals surface area contributed by atoms with Crippen LogP contribution in [0, 0.1) is 0 Å². The zero-order valence-electron chi connectivity index (χ0n) is 20.0. The van der Waals surface area contributed by atoms with Crippen molar-refractivity contribution >= 4 is 22.9 Å². The Balaban J connectivity index is 1.50. The van der Waals surface area contributed by atoms with Gasteiger partial charge in [-0.3, -0.25) is 14.6 Å². The number of fused-ring (bicyclic) bond motifs is 1. The fourth-order valence-electron chi connectivity index (χ4n) is 4.77. The maximum atomic E-state index is 13.0. The largest absolute Gasteiger partial charge is 0.496 e. The average molecular weight is 485 g/mol. The number of hydrogen-bond donors (Lipinski definition) is 3. The van der Waals surface area contributed by atoms with Crippen LogP contribution in [-0.2, 0) is 0 Å². The number of benzene rings is 2. The number of pyridine rings is 1. The molecule has 0 bridgehead atoms. The highest BCUT2D eigenvalue weighted by molar-refractivity contribution is 5.99. The fourth-order valence-corrected chi connectivity index (χ4v) is 4.77. The lowest BCUT2D eigenvalue weighted by Crippen LogP contribution is -2.49. The van der Waals surface area contributed by atoms with Gasteiger partial charge in [-0.15, -0.1) is 0 Å². The van der Waals surface area contributed by atoms with Gasteiger partial charge in [0.05, 0.1) is 12.7 Å². The van der Waals surface area contributed by atoms with Gasteiger partial charge in [0.15, 0.2) is 5.58 Å². The van der Waals surface area contributed by atoms with Crippen LogP contribution in [0.15, 0.2) is 65.2 Å². The number of carbonyl (C=O) groups excluding carboxylic acids is 2. The lowest BCUT2D eigenvalue weighted by molar-refractivity contribution is 0.0920. The first-order valence-corrected chi connectivity index (χ1v) is 12.0. The SMILES string of the molecule is COc1ccc(C(N)=O)cc1-c1cc2nccc(-c3cccc(C(=O)NC4CCCCC4N)c3)c2o1. The summed E-state index contributed by atoms with van der Waals surface area (Å²) in [6.07, 6.45) is 5.69. The van der Waals surface area contributed by atoms with Gasteiger partial charge in [-0.2, -0.15) is 0 Å². The predicted molar refractivity (Wildman–Crippen MR) is 138 cm³/mol. The maximum absolute atomic E-state index is 13.0. The number of nitrogens with two attached hydrogens (primary N) is 2. The van der Waals surface area contributed by atoms with Crippen LogP contribution in [-0.4, -0.2) is 36.0 Å². The highest BCUT2D eigenvalue weighted by atomic mass is 16.5. The molecular formula is C28H28N4O4. The Hall–Kier alpha value is -4.17. The van der Waals surface area contributed by atoms with Crippen molar-refractivity contribution in [2.45, 2.75) is 37.8 Å². The van der Waals surface area contributed by atoms with Crippen molar-refractivity contribution in [1.82, 2.24) is 10.3 Å². The van der Waals surface area contributed by atoms with E-state index in [0.29, 0.717) is 39.3 Å². The van der Waals surface area contributed by atoms with Crippen molar-refractivity contribution in [3.8, 4) is 28.2 Å². The number of carbonyl (C=O) groups is 2. The summed E-state index contributed by atoms with van der Waals surface area (Å²) in [4.78, 5) is 29.2. The smallest absolute Gasteiger partial charge is 0.251 e. The van der Waals surface area contributed by atoms with E-state index in [2.05, 4.69) is 10.3 Å². The van der Waals surface area contributed by atoms with E-state index in [1.165, 1.54) is 0 Å². The van der Waals surface area contributed by atoms with E-state index in [0.717, 1.165) is 36.8 Å². The van der Waals surface area contributed by atoms with Gasteiger partial charge in [0.1, 0.15) is 17.0 Å². The van der Waals surface area contributed by atoms with Gasteiger partial charge in [-0.05, 0) is 54.8 Å². The van der Waals surface area contributed by atoms with E-state index < -0.39 is 5.91 Å². The number of hydrogen-bond acceptors (Lipinski definition) is 6. The number of primary amides is 1. The van der Waals surface area contributed by atoms with Crippen LogP contribution >= 0.6 is 0 Å². The molecule has 8 nitrogen and oxygen atoms in total. The molecule has 0 saturated heterocycles. The topological polar surface area (TPSA) is 133 Å². The summed E-state index contributed by atoms with van der Waals surface area (Å²) < 4.78 is 11.7. The number of amides is 2. The van der Waals surface area contributed by atoms with E-state index in [-0.39, 0.29) is 18.0 Å². The number of methoxy groups -OCH3 is 1. The minimum atomic E-state index is -0.543. The third-order valence-electron chi connectivity index (χ3n) is 6.73. The minimum Gasteiger partial charge on any atom is -0.496 e. The third-order valence-corrected chi connectivity index (χ3v) is 6.73. The molecule has 36 heavy (non-hydrogen) atoms. The van der Waals surface area contributed by atoms with Crippen LogP contribution in [0.3, 0.4) is 0 Å². The fraction of sp³-hybridized carbons (Fsp3) is 0.250. The number of aromatic nitrogens is 1. The summed E-state index contributed by atoms with van der Waals surface area (Å²) in [7, 11) is 1.55. The van der Waals surface area contributed by atoms with Crippen LogP contribution < -0.4 is 21.5 Å². The first-order valence-electron chi connectivity index (χ1n) is 12.0. The van der Waals surface area contributed by atoms with Gasteiger partial charge in [-0.1, -0.05) is 25.0 Å². The summed E-state index contributed by atoms with van der Waals surface area (Å²) >= 11 is 0. The predicted octanol–water partition coefficient (Wildman–Crippen LogP) is 4.27. The average Bonchev–Trinajstić information content (AvgIpc) is 3.34. The molecule has 0 radical (unpaired) electrons. The van der Waals surface area contributed by atoms with Crippen molar-refractivity contribution in [3.05, 3.63) is 71.9 Å². The van der Waals surface area contributed by atoms with Crippen LogP contribution in [0.4, 0.5) is 0 Å². The minimum absolute atomic E-state index is 0.0127. The standard InChI is InChI=1S/C28H28N4O4/c1-35-24-10-9-17(27(30)33)14-20(24)25-15-23-26(36-25)19(11-12-31-23)16-5-4-6-18(13-16)28(34)32-22-8-3-2-7-21(22)29/h4-6,9-15,21-22H,2-3,7-8,29H2,1H3,(H2,30,33)(H,32,34).